The third-order valence-corrected chi connectivity index (χ3v) is 6.38. The Balaban J connectivity index is 1.78. The van der Waals surface area contributed by atoms with Gasteiger partial charge in [-0.05, 0) is 78.5 Å². The molecule has 2 aliphatic carbocycles. The lowest BCUT2D eigenvalue weighted by Crippen LogP contribution is -2.23. The normalized spacial score (nSPS) is 29.9. The average molecular weight is 361 g/mol. The number of fused-ring (bicyclic) bond motifs is 2. The van der Waals surface area contributed by atoms with Crippen molar-refractivity contribution < 1.29 is 4.39 Å². The molecule has 0 aliphatic heterocycles. The zero-order chi connectivity index (χ0) is 14.3. The van der Waals surface area contributed by atoms with Crippen LogP contribution in [-0.2, 0) is 0 Å². The second-order valence-electron chi connectivity index (χ2n) is 6.30. The van der Waals surface area contributed by atoms with E-state index in [0.29, 0.717) is 15.1 Å². The standard InChI is InChI=1S/C16H20BrClFN/c1-20-16(6-11-5-9-2-3-10(11)4-9)12-7-14(18)13(17)8-15(12)19/h7-11,16,20H,2-6H2,1H3. The van der Waals surface area contributed by atoms with E-state index in [1.165, 1.54) is 31.7 Å². The van der Waals surface area contributed by atoms with Crippen molar-refractivity contribution in [2.45, 2.75) is 38.1 Å². The molecule has 0 heterocycles. The van der Waals surface area contributed by atoms with E-state index in [1.807, 2.05) is 7.05 Å². The van der Waals surface area contributed by atoms with E-state index in [4.69, 9.17) is 11.6 Å². The van der Waals surface area contributed by atoms with Crippen LogP contribution in [0.15, 0.2) is 16.6 Å². The van der Waals surface area contributed by atoms with Crippen LogP contribution in [-0.4, -0.2) is 7.05 Å². The van der Waals surface area contributed by atoms with Gasteiger partial charge in [-0.2, -0.15) is 0 Å². The molecule has 2 fully saturated rings. The fourth-order valence-corrected chi connectivity index (χ4v) is 4.66. The fourth-order valence-electron chi connectivity index (χ4n) is 4.17. The van der Waals surface area contributed by atoms with Gasteiger partial charge in [0, 0.05) is 16.1 Å². The predicted molar refractivity (Wildman–Crippen MR) is 84.5 cm³/mol. The van der Waals surface area contributed by atoms with E-state index in [0.717, 1.165) is 24.2 Å². The predicted octanol–water partition coefficient (Wildman–Crippen LogP) is 5.33. The van der Waals surface area contributed by atoms with Gasteiger partial charge >= 0.3 is 0 Å². The zero-order valence-electron chi connectivity index (χ0n) is 11.6. The molecular formula is C16H20BrClFN. The van der Waals surface area contributed by atoms with Crippen molar-refractivity contribution in [2.24, 2.45) is 17.8 Å². The first-order chi connectivity index (χ1) is 9.58. The molecule has 1 nitrogen and oxygen atoms in total. The second kappa shape index (κ2) is 5.94. The summed E-state index contributed by atoms with van der Waals surface area (Å²) >= 11 is 9.40. The van der Waals surface area contributed by atoms with Crippen molar-refractivity contribution in [3.05, 3.63) is 33.0 Å². The summed E-state index contributed by atoms with van der Waals surface area (Å²) < 4.78 is 14.8. The Bertz CT molecular complexity index is 507. The van der Waals surface area contributed by atoms with E-state index in [-0.39, 0.29) is 11.9 Å². The smallest absolute Gasteiger partial charge is 0.129 e. The maximum atomic E-state index is 14.2. The van der Waals surface area contributed by atoms with Crippen molar-refractivity contribution in [1.82, 2.24) is 5.32 Å². The molecule has 2 saturated carbocycles. The Kier molecular flexibility index (Phi) is 4.40. The average Bonchev–Trinajstić information content (AvgIpc) is 3.03. The lowest BCUT2D eigenvalue weighted by Gasteiger charge is -2.27. The van der Waals surface area contributed by atoms with Gasteiger partial charge < -0.3 is 5.32 Å². The molecule has 20 heavy (non-hydrogen) atoms. The third kappa shape index (κ3) is 2.77. The maximum absolute atomic E-state index is 14.2. The SMILES string of the molecule is CNC(CC1CC2CCC1C2)c1cc(Cl)c(Br)cc1F. The highest BCUT2D eigenvalue weighted by Crippen LogP contribution is 2.51. The van der Waals surface area contributed by atoms with Crippen LogP contribution in [0.5, 0.6) is 0 Å². The van der Waals surface area contributed by atoms with Crippen molar-refractivity contribution >= 4 is 27.5 Å². The molecular weight excluding hydrogens is 341 g/mol. The monoisotopic (exact) mass is 359 g/mol. The molecule has 1 aromatic rings. The van der Waals surface area contributed by atoms with E-state index in [2.05, 4.69) is 21.2 Å². The molecule has 0 aromatic heterocycles. The lowest BCUT2D eigenvalue weighted by molar-refractivity contribution is 0.282. The topological polar surface area (TPSA) is 12.0 Å². The first-order valence-corrected chi connectivity index (χ1v) is 8.57. The molecule has 1 N–H and O–H groups in total. The van der Waals surface area contributed by atoms with Gasteiger partial charge in [-0.1, -0.05) is 18.0 Å². The Morgan fingerprint density at radius 1 is 1.40 bits per heavy atom. The van der Waals surface area contributed by atoms with E-state index < -0.39 is 0 Å². The molecule has 2 aliphatic rings. The van der Waals surface area contributed by atoms with Gasteiger partial charge in [0.2, 0.25) is 0 Å². The van der Waals surface area contributed by atoms with Crippen LogP contribution < -0.4 is 5.32 Å². The summed E-state index contributed by atoms with van der Waals surface area (Å²) in [7, 11) is 1.91. The quantitative estimate of drug-likeness (QED) is 0.716. The van der Waals surface area contributed by atoms with Crippen LogP contribution in [0.1, 0.15) is 43.7 Å². The first kappa shape index (κ1) is 14.8. The van der Waals surface area contributed by atoms with Crippen molar-refractivity contribution in [1.29, 1.82) is 0 Å². The number of nitrogens with one attached hydrogen (secondary N) is 1. The van der Waals surface area contributed by atoms with Gasteiger partial charge in [-0.3, -0.25) is 0 Å². The fraction of sp³-hybridized carbons (Fsp3) is 0.625. The minimum Gasteiger partial charge on any atom is -0.313 e. The van der Waals surface area contributed by atoms with Crippen molar-refractivity contribution in [2.75, 3.05) is 7.05 Å². The van der Waals surface area contributed by atoms with Crippen molar-refractivity contribution in [3.8, 4) is 0 Å². The number of halogens is 3. The van der Waals surface area contributed by atoms with Crippen LogP contribution in [0, 0.1) is 23.6 Å². The molecule has 2 bridgehead atoms. The number of hydrogen-bond acceptors (Lipinski definition) is 1. The van der Waals surface area contributed by atoms with Gasteiger partial charge in [0.25, 0.3) is 0 Å². The molecule has 4 atom stereocenters. The van der Waals surface area contributed by atoms with Gasteiger partial charge in [0.1, 0.15) is 5.82 Å². The van der Waals surface area contributed by atoms with Crippen LogP contribution in [0.2, 0.25) is 5.02 Å². The summed E-state index contributed by atoms with van der Waals surface area (Å²) in [5.41, 5.74) is 0.698. The first-order valence-electron chi connectivity index (χ1n) is 7.40. The third-order valence-electron chi connectivity index (χ3n) is 5.19. The highest BCUT2D eigenvalue weighted by atomic mass is 79.9. The van der Waals surface area contributed by atoms with Gasteiger partial charge in [-0.15, -0.1) is 0 Å². The lowest BCUT2D eigenvalue weighted by atomic mass is 9.82. The van der Waals surface area contributed by atoms with E-state index in [1.54, 1.807) is 6.07 Å². The summed E-state index contributed by atoms with van der Waals surface area (Å²) in [6, 6.07) is 3.29. The molecule has 110 valence electrons. The van der Waals surface area contributed by atoms with Gasteiger partial charge in [0.05, 0.1) is 5.02 Å². The summed E-state index contributed by atoms with van der Waals surface area (Å²) in [5.74, 6) is 2.36. The Labute approximate surface area is 133 Å². The van der Waals surface area contributed by atoms with Crippen LogP contribution >= 0.6 is 27.5 Å². The summed E-state index contributed by atoms with van der Waals surface area (Å²) in [4.78, 5) is 0. The number of benzene rings is 1. The highest BCUT2D eigenvalue weighted by molar-refractivity contribution is 9.10. The van der Waals surface area contributed by atoms with Crippen molar-refractivity contribution in [3.63, 3.8) is 0 Å². The molecule has 0 saturated heterocycles. The molecule has 0 spiro atoms. The maximum Gasteiger partial charge on any atom is 0.129 e. The summed E-state index contributed by atoms with van der Waals surface area (Å²) in [6.45, 7) is 0. The minimum atomic E-state index is -0.177. The summed E-state index contributed by atoms with van der Waals surface area (Å²) in [6.07, 6.45) is 6.52. The molecule has 0 amide bonds. The van der Waals surface area contributed by atoms with Gasteiger partial charge in [-0.25, -0.2) is 4.39 Å². The number of rotatable bonds is 4. The summed E-state index contributed by atoms with van der Waals surface area (Å²) in [5, 5.41) is 3.86. The van der Waals surface area contributed by atoms with Crippen LogP contribution in [0.4, 0.5) is 4.39 Å². The highest BCUT2D eigenvalue weighted by Gasteiger charge is 2.40. The largest absolute Gasteiger partial charge is 0.313 e. The second-order valence-corrected chi connectivity index (χ2v) is 7.56. The van der Waals surface area contributed by atoms with E-state index in [9.17, 15) is 4.39 Å². The van der Waals surface area contributed by atoms with Gasteiger partial charge in [0.15, 0.2) is 0 Å². The molecule has 3 rings (SSSR count). The number of hydrogen-bond donors (Lipinski definition) is 1. The Morgan fingerprint density at radius 2 is 2.20 bits per heavy atom. The Hall–Kier alpha value is -0.120. The zero-order valence-corrected chi connectivity index (χ0v) is 14.0. The molecule has 0 radical (unpaired) electrons. The van der Waals surface area contributed by atoms with Crippen LogP contribution in [0.25, 0.3) is 0 Å². The molecule has 4 unspecified atom stereocenters. The molecule has 1 aromatic carbocycles. The van der Waals surface area contributed by atoms with E-state index >= 15 is 0 Å². The molecule has 4 heteroatoms. The van der Waals surface area contributed by atoms with Crippen LogP contribution in [0.3, 0.4) is 0 Å². The minimum absolute atomic E-state index is 0.0601. The Morgan fingerprint density at radius 3 is 2.80 bits per heavy atom.